The van der Waals surface area contributed by atoms with Gasteiger partial charge in [-0.15, -0.1) is 11.3 Å². The van der Waals surface area contributed by atoms with Crippen molar-refractivity contribution in [1.29, 1.82) is 0 Å². The molecule has 6 nitrogen and oxygen atoms in total. The van der Waals surface area contributed by atoms with Crippen molar-refractivity contribution in [3.05, 3.63) is 56.8 Å². The fourth-order valence-corrected chi connectivity index (χ4v) is 5.47. The number of carbonyl (C=O) groups excluding carboxylic acids is 2. The Morgan fingerprint density at radius 3 is 2.44 bits per heavy atom. The van der Waals surface area contributed by atoms with Gasteiger partial charge in [0.1, 0.15) is 11.5 Å². The standard InChI is InChI=1S/C27H36N2O4S/c1-7-28(8-2)13-14-29-23(26-18(6)12-15-34-26)22(25(31)27(29)32)24(30)19-10-11-21(33-9-3)20(16-19)17(4)5/h10-12,15-17,23,30H,7-9,13-14H2,1-6H3/b24-22-. The molecule has 1 aromatic heterocycles. The first-order valence-electron chi connectivity index (χ1n) is 12.1. The maximum atomic E-state index is 13.3. The highest BCUT2D eigenvalue weighted by Gasteiger charge is 2.47. The number of aliphatic hydroxyl groups excluding tert-OH is 1. The quantitative estimate of drug-likeness (QED) is 0.280. The molecule has 1 unspecified atom stereocenters. The lowest BCUT2D eigenvalue weighted by Crippen LogP contribution is -2.37. The van der Waals surface area contributed by atoms with Crippen molar-refractivity contribution in [2.75, 3.05) is 32.8 Å². The van der Waals surface area contributed by atoms with Crippen molar-refractivity contribution >= 4 is 28.8 Å². The van der Waals surface area contributed by atoms with E-state index in [0.29, 0.717) is 25.3 Å². The van der Waals surface area contributed by atoms with Gasteiger partial charge in [0.25, 0.3) is 11.7 Å². The van der Waals surface area contributed by atoms with Crippen molar-refractivity contribution in [3.8, 4) is 5.75 Å². The number of hydrogen-bond acceptors (Lipinski definition) is 6. The van der Waals surface area contributed by atoms with E-state index < -0.39 is 17.7 Å². The molecule has 0 aliphatic carbocycles. The first-order valence-corrected chi connectivity index (χ1v) is 12.9. The third-order valence-electron chi connectivity index (χ3n) is 6.45. The van der Waals surface area contributed by atoms with Gasteiger partial charge < -0.3 is 19.6 Å². The van der Waals surface area contributed by atoms with E-state index in [1.807, 2.05) is 37.4 Å². The number of nitrogens with zero attached hydrogens (tertiary/aromatic N) is 2. The number of aliphatic hydroxyl groups is 1. The van der Waals surface area contributed by atoms with Crippen LogP contribution in [0, 0.1) is 6.92 Å². The summed E-state index contributed by atoms with van der Waals surface area (Å²) in [7, 11) is 0. The van der Waals surface area contributed by atoms with E-state index in [0.717, 1.165) is 34.8 Å². The van der Waals surface area contributed by atoms with E-state index in [1.165, 1.54) is 11.3 Å². The molecule has 1 fully saturated rings. The third kappa shape index (κ3) is 5.05. The minimum absolute atomic E-state index is 0.133. The van der Waals surface area contributed by atoms with E-state index in [4.69, 9.17) is 4.74 Å². The number of benzene rings is 1. The van der Waals surface area contributed by atoms with Crippen LogP contribution in [0.3, 0.4) is 0 Å². The number of rotatable bonds is 10. The van der Waals surface area contributed by atoms with Crippen LogP contribution in [0.15, 0.2) is 35.2 Å². The molecule has 1 saturated heterocycles. The number of ketones is 1. The van der Waals surface area contributed by atoms with Crippen molar-refractivity contribution in [2.24, 2.45) is 0 Å². The van der Waals surface area contributed by atoms with Crippen molar-refractivity contribution in [2.45, 2.75) is 53.5 Å². The van der Waals surface area contributed by atoms with Gasteiger partial charge in [-0.05, 0) is 73.6 Å². The Kier molecular flexibility index (Phi) is 8.55. The van der Waals surface area contributed by atoms with E-state index >= 15 is 0 Å². The summed E-state index contributed by atoms with van der Waals surface area (Å²) in [5.41, 5.74) is 2.64. The molecule has 2 heterocycles. The number of likely N-dealkylation sites (N-methyl/N-ethyl adjacent to an activating group) is 1. The highest BCUT2D eigenvalue weighted by molar-refractivity contribution is 7.10. The van der Waals surface area contributed by atoms with Crippen LogP contribution in [-0.2, 0) is 9.59 Å². The predicted octanol–water partition coefficient (Wildman–Crippen LogP) is 5.34. The maximum Gasteiger partial charge on any atom is 0.295 e. The molecule has 0 saturated carbocycles. The summed E-state index contributed by atoms with van der Waals surface area (Å²) < 4.78 is 5.76. The first kappa shape index (κ1) is 26.0. The van der Waals surface area contributed by atoms with Gasteiger partial charge in [-0.1, -0.05) is 27.7 Å². The molecule has 0 bridgehead atoms. The zero-order valence-electron chi connectivity index (χ0n) is 21.1. The lowest BCUT2D eigenvalue weighted by Gasteiger charge is -2.28. The highest BCUT2D eigenvalue weighted by atomic mass is 32.1. The third-order valence-corrected chi connectivity index (χ3v) is 7.52. The largest absolute Gasteiger partial charge is 0.507 e. The average molecular weight is 485 g/mol. The van der Waals surface area contributed by atoms with Gasteiger partial charge >= 0.3 is 0 Å². The van der Waals surface area contributed by atoms with Gasteiger partial charge in [0.05, 0.1) is 18.2 Å². The van der Waals surface area contributed by atoms with Gasteiger partial charge in [0.15, 0.2) is 0 Å². The van der Waals surface area contributed by atoms with Gasteiger partial charge in [-0.3, -0.25) is 9.59 Å². The molecule has 3 rings (SSSR count). The van der Waals surface area contributed by atoms with Crippen molar-refractivity contribution < 1.29 is 19.4 Å². The number of aryl methyl sites for hydroxylation is 1. The van der Waals surface area contributed by atoms with Crippen LogP contribution in [0.5, 0.6) is 5.75 Å². The predicted molar refractivity (Wildman–Crippen MR) is 138 cm³/mol. The topological polar surface area (TPSA) is 70.1 Å². The Balaban J connectivity index is 2.12. The number of amides is 1. The monoisotopic (exact) mass is 484 g/mol. The van der Waals surface area contributed by atoms with Crippen LogP contribution >= 0.6 is 11.3 Å². The molecule has 1 aliphatic heterocycles. The summed E-state index contributed by atoms with van der Waals surface area (Å²) >= 11 is 1.51. The molecule has 2 aromatic rings. The van der Waals surface area contributed by atoms with Crippen LogP contribution in [-0.4, -0.2) is 59.4 Å². The van der Waals surface area contributed by atoms with E-state index in [2.05, 4.69) is 32.6 Å². The second-order valence-corrected chi connectivity index (χ2v) is 9.78. The second kappa shape index (κ2) is 11.2. The number of ether oxygens (including phenoxy) is 1. The van der Waals surface area contributed by atoms with Crippen LogP contribution in [0.2, 0.25) is 0 Å². The summed E-state index contributed by atoms with van der Waals surface area (Å²) in [5.74, 6) is -0.386. The molecule has 1 atom stereocenters. The minimum Gasteiger partial charge on any atom is -0.507 e. The number of Topliss-reactive ketones (excluding diaryl/α,β-unsaturated/α-hetero) is 1. The van der Waals surface area contributed by atoms with Gasteiger partial charge in [0, 0.05) is 23.5 Å². The molecule has 7 heteroatoms. The normalized spacial score (nSPS) is 17.9. The average Bonchev–Trinajstić information content (AvgIpc) is 3.35. The SMILES string of the molecule is CCOc1ccc(/C(O)=C2/C(=O)C(=O)N(CCN(CC)CC)C2c2sccc2C)cc1C(C)C. The summed E-state index contributed by atoms with van der Waals surface area (Å²) in [6, 6.07) is 6.85. The fraction of sp³-hybridized carbons (Fsp3) is 0.481. The van der Waals surface area contributed by atoms with Crippen LogP contribution in [0.1, 0.15) is 68.1 Å². The number of likely N-dealkylation sites (tertiary alicyclic amines) is 1. The Labute approximate surface area is 206 Å². The Hall–Kier alpha value is -2.64. The second-order valence-electron chi connectivity index (χ2n) is 8.83. The van der Waals surface area contributed by atoms with Crippen LogP contribution in [0.4, 0.5) is 0 Å². The molecule has 1 N–H and O–H groups in total. The molecule has 0 spiro atoms. The van der Waals surface area contributed by atoms with Crippen LogP contribution in [0.25, 0.3) is 5.76 Å². The zero-order valence-corrected chi connectivity index (χ0v) is 21.9. The Bertz CT molecular complexity index is 1070. The molecule has 1 aromatic carbocycles. The van der Waals surface area contributed by atoms with Crippen molar-refractivity contribution in [3.63, 3.8) is 0 Å². The molecule has 0 radical (unpaired) electrons. The summed E-state index contributed by atoms with van der Waals surface area (Å²) in [4.78, 5) is 31.2. The molecule has 184 valence electrons. The smallest absolute Gasteiger partial charge is 0.295 e. The van der Waals surface area contributed by atoms with Gasteiger partial charge in [-0.2, -0.15) is 0 Å². The zero-order chi connectivity index (χ0) is 25.0. The Morgan fingerprint density at radius 2 is 1.88 bits per heavy atom. The maximum absolute atomic E-state index is 13.3. The molecule has 1 amide bonds. The fourth-order valence-electron chi connectivity index (χ4n) is 4.43. The first-order chi connectivity index (χ1) is 16.2. The number of carbonyl (C=O) groups is 2. The Morgan fingerprint density at radius 1 is 1.18 bits per heavy atom. The van der Waals surface area contributed by atoms with Crippen LogP contribution < -0.4 is 4.74 Å². The van der Waals surface area contributed by atoms with E-state index in [1.54, 1.807) is 11.0 Å². The molecule has 34 heavy (non-hydrogen) atoms. The number of thiophene rings is 1. The summed E-state index contributed by atoms with van der Waals surface area (Å²) in [6.45, 7) is 15.6. The number of hydrogen-bond donors (Lipinski definition) is 1. The molecular formula is C27H36N2O4S. The minimum atomic E-state index is -0.630. The van der Waals surface area contributed by atoms with Crippen molar-refractivity contribution in [1.82, 2.24) is 9.80 Å². The molecule has 1 aliphatic rings. The van der Waals surface area contributed by atoms with E-state index in [9.17, 15) is 14.7 Å². The summed E-state index contributed by atoms with van der Waals surface area (Å²) in [6.07, 6.45) is 0. The lowest BCUT2D eigenvalue weighted by atomic mass is 9.94. The lowest BCUT2D eigenvalue weighted by molar-refractivity contribution is -0.140. The molecular weight excluding hydrogens is 448 g/mol. The summed E-state index contributed by atoms with van der Waals surface area (Å²) in [5, 5.41) is 13.4. The van der Waals surface area contributed by atoms with Gasteiger partial charge in [0.2, 0.25) is 0 Å². The highest BCUT2D eigenvalue weighted by Crippen LogP contribution is 2.43. The van der Waals surface area contributed by atoms with Gasteiger partial charge in [-0.25, -0.2) is 0 Å². The van der Waals surface area contributed by atoms with E-state index in [-0.39, 0.29) is 17.3 Å².